The molecule has 0 unspecified atom stereocenters. The smallest absolute Gasteiger partial charge is 0.252 e. The third kappa shape index (κ3) is 4.47. The topological polar surface area (TPSA) is 90.5 Å². The van der Waals surface area contributed by atoms with E-state index in [-0.39, 0.29) is 4.90 Å². The highest BCUT2D eigenvalue weighted by atomic mass is 32.2. The number of hydrogen-bond acceptors (Lipinski definition) is 5. The van der Waals surface area contributed by atoms with Gasteiger partial charge in [0.25, 0.3) is 5.91 Å². The molecule has 1 amide bonds. The minimum absolute atomic E-state index is 0.0873. The Hall–Kier alpha value is -1.55. The molecule has 122 valence electrons. The van der Waals surface area contributed by atoms with Gasteiger partial charge in [0.2, 0.25) is 10.0 Å². The Labute approximate surface area is 128 Å². The van der Waals surface area contributed by atoms with Gasteiger partial charge in [0, 0.05) is 26.2 Å². The van der Waals surface area contributed by atoms with Crippen LogP contribution in [-0.2, 0) is 14.8 Å². The van der Waals surface area contributed by atoms with Crippen LogP contribution >= 0.6 is 0 Å². The normalized spacial score (nSPS) is 17.9. The molecule has 1 aromatic carbocycles. The highest BCUT2D eigenvalue weighted by molar-refractivity contribution is 7.89. The van der Waals surface area contributed by atoms with E-state index >= 15 is 0 Å². The van der Waals surface area contributed by atoms with Gasteiger partial charge in [0.15, 0.2) is 0 Å². The predicted octanol–water partition coefficient (Wildman–Crippen LogP) is -0.571. The van der Waals surface area contributed by atoms with Crippen LogP contribution in [0.3, 0.4) is 0 Å². The van der Waals surface area contributed by atoms with Crippen LogP contribution in [0.5, 0.6) is 0 Å². The van der Waals surface area contributed by atoms with Gasteiger partial charge < -0.3 is 5.32 Å². The van der Waals surface area contributed by atoms with Crippen LogP contribution in [0, 0.1) is 5.82 Å². The zero-order valence-electron chi connectivity index (χ0n) is 12.2. The molecule has 22 heavy (non-hydrogen) atoms. The Morgan fingerprint density at radius 1 is 1.27 bits per heavy atom. The summed E-state index contributed by atoms with van der Waals surface area (Å²) in [4.78, 5) is 11.9. The lowest BCUT2D eigenvalue weighted by atomic mass is 10.3. The van der Waals surface area contributed by atoms with Crippen LogP contribution in [0.15, 0.2) is 29.2 Å². The molecule has 2 rings (SSSR count). The number of nitrogens with one attached hydrogen (secondary N) is 3. The minimum atomic E-state index is -3.87. The molecule has 9 heteroatoms. The summed E-state index contributed by atoms with van der Waals surface area (Å²) < 4.78 is 39.3. The lowest BCUT2D eigenvalue weighted by Gasteiger charge is -2.28. The standard InChI is InChI=1S/C13H19FN4O3S/c1-10(13(19)16-18-8-6-15-7-9-18)17-22(20,21)12-4-2-11(14)3-5-12/h2-5,10,15,17H,6-9H2,1H3,(H,16,19)/t10-/m0/s1. The molecule has 1 aliphatic heterocycles. The number of sulfonamides is 1. The molecule has 1 aliphatic rings. The summed E-state index contributed by atoms with van der Waals surface area (Å²) in [7, 11) is -3.87. The second-order valence-electron chi connectivity index (χ2n) is 5.01. The molecule has 1 heterocycles. The quantitative estimate of drug-likeness (QED) is 0.673. The highest BCUT2D eigenvalue weighted by Gasteiger charge is 2.23. The van der Waals surface area contributed by atoms with Gasteiger partial charge in [0.1, 0.15) is 5.82 Å². The summed E-state index contributed by atoms with van der Waals surface area (Å²) in [5.74, 6) is -0.962. The van der Waals surface area contributed by atoms with E-state index in [1.54, 1.807) is 5.01 Å². The molecular formula is C13H19FN4O3S. The summed E-state index contributed by atoms with van der Waals surface area (Å²) in [6, 6.07) is 3.47. The molecule has 1 aromatic rings. The molecule has 1 fully saturated rings. The molecule has 0 aliphatic carbocycles. The van der Waals surface area contributed by atoms with Crippen LogP contribution in [0.4, 0.5) is 4.39 Å². The molecule has 0 aromatic heterocycles. The van der Waals surface area contributed by atoms with Gasteiger partial charge in [0.05, 0.1) is 10.9 Å². The Bertz CT molecular complexity index is 615. The van der Waals surface area contributed by atoms with Gasteiger partial charge in [-0.25, -0.2) is 17.8 Å². The molecule has 0 saturated carbocycles. The molecule has 7 nitrogen and oxygen atoms in total. The number of hydrogen-bond donors (Lipinski definition) is 3. The second kappa shape index (κ2) is 7.14. The van der Waals surface area contributed by atoms with E-state index in [0.717, 1.165) is 37.4 Å². The van der Waals surface area contributed by atoms with E-state index in [1.165, 1.54) is 6.92 Å². The molecule has 0 spiro atoms. The Kier molecular flexibility index (Phi) is 5.46. The average molecular weight is 330 g/mol. The van der Waals surface area contributed by atoms with Crippen molar-refractivity contribution in [3.8, 4) is 0 Å². The van der Waals surface area contributed by atoms with Crippen LogP contribution in [0.1, 0.15) is 6.92 Å². The second-order valence-corrected chi connectivity index (χ2v) is 6.72. The van der Waals surface area contributed by atoms with Crippen molar-refractivity contribution in [2.45, 2.75) is 17.9 Å². The van der Waals surface area contributed by atoms with Crippen LogP contribution in [0.2, 0.25) is 0 Å². The molecule has 0 radical (unpaired) electrons. The van der Waals surface area contributed by atoms with Crippen molar-refractivity contribution >= 4 is 15.9 Å². The largest absolute Gasteiger partial charge is 0.314 e. The van der Waals surface area contributed by atoms with Crippen molar-refractivity contribution in [2.24, 2.45) is 0 Å². The number of carbonyl (C=O) groups is 1. The maximum atomic E-state index is 12.8. The summed E-state index contributed by atoms with van der Waals surface area (Å²) in [5, 5.41) is 4.88. The van der Waals surface area contributed by atoms with Gasteiger partial charge in [-0.2, -0.15) is 4.72 Å². The van der Waals surface area contributed by atoms with Crippen molar-refractivity contribution in [1.82, 2.24) is 20.5 Å². The van der Waals surface area contributed by atoms with Gasteiger partial charge in [-0.3, -0.25) is 10.2 Å². The number of hydrazine groups is 1. The molecular weight excluding hydrogens is 311 g/mol. The van der Waals surface area contributed by atoms with Crippen molar-refractivity contribution in [3.63, 3.8) is 0 Å². The van der Waals surface area contributed by atoms with Crippen molar-refractivity contribution in [2.75, 3.05) is 26.2 Å². The first-order valence-electron chi connectivity index (χ1n) is 6.92. The van der Waals surface area contributed by atoms with Crippen molar-refractivity contribution in [3.05, 3.63) is 30.1 Å². The Morgan fingerprint density at radius 3 is 2.45 bits per heavy atom. The fraction of sp³-hybridized carbons (Fsp3) is 0.462. The maximum absolute atomic E-state index is 12.8. The highest BCUT2D eigenvalue weighted by Crippen LogP contribution is 2.10. The number of amides is 1. The van der Waals surface area contributed by atoms with Crippen LogP contribution in [0.25, 0.3) is 0 Å². The summed E-state index contributed by atoms with van der Waals surface area (Å²) >= 11 is 0. The van der Waals surface area contributed by atoms with E-state index in [1.807, 2.05) is 0 Å². The molecule has 3 N–H and O–H groups in total. The lowest BCUT2D eigenvalue weighted by molar-refractivity contribution is -0.127. The molecule has 1 atom stereocenters. The average Bonchev–Trinajstić information content (AvgIpc) is 2.48. The lowest BCUT2D eigenvalue weighted by Crippen LogP contribution is -2.56. The molecule has 0 bridgehead atoms. The fourth-order valence-electron chi connectivity index (χ4n) is 2.00. The first-order valence-corrected chi connectivity index (χ1v) is 8.41. The summed E-state index contributed by atoms with van der Waals surface area (Å²) in [6.07, 6.45) is 0. The van der Waals surface area contributed by atoms with Gasteiger partial charge >= 0.3 is 0 Å². The Balaban J connectivity index is 1.95. The molecule has 1 saturated heterocycles. The zero-order chi connectivity index (χ0) is 16.2. The first-order chi connectivity index (χ1) is 10.4. The Morgan fingerprint density at radius 2 is 1.86 bits per heavy atom. The van der Waals surface area contributed by atoms with Crippen molar-refractivity contribution < 1.29 is 17.6 Å². The number of piperazine rings is 1. The van der Waals surface area contributed by atoms with Crippen molar-refractivity contribution in [1.29, 1.82) is 0 Å². The van der Waals surface area contributed by atoms with Gasteiger partial charge in [-0.05, 0) is 31.2 Å². The fourth-order valence-corrected chi connectivity index (χ4v) is 3.20. The number of halogens is 1. The van der Waals surface area contributed by atoms with E-state index in [2.05, 4.69) is 15.5 Å². The number of rotatable bonds is 5. The third-order valence-corrected chi connectivity index (χ3v) is 4.79. The monoisotopic (exact) mass is 330 g/mol. The van der Waals surface area contributed by atoms with Crippen LogP contribution < -0.4 is 15.5 Å². The van der Waals surface area contributed by atoms with E-state index < -0.39 is 27.8 Å². The van der Waals surface area contributed by atoms with Gasteiger partial charge in [-0.1, -0.05) is 0 Å². The minimum Gasteiger partial charge on any atom is -0.314 e. The summed E-state index contributed by atoms with van der Waals surface area (Å²) in [6.45, 7) is 4.29. The number of carbonyl (C=O) groups excluding carboxylic acids is 1. The van der Waals surface area contributed by atoms with Gasteiger partial charge in [-0.15, -0.1) is 0 Å². The summed E-state index contributed by atoms with van der Waals surface area (Å²) in [5.41, 5.74) is 2.67. The number of nitrogens with zero attached hydrogens (tertiary/aromatic N) is 1. The van der Waals surface area contributed by atoms with E-state index in [0.29, 0.717) is 13.1 Å². The predicted molar refractivity (Wildman–Crippen MR) is 78.8 cm³/mol. The zero-order valence-corrected chi connectivity index (χ0v) is 13.0. The maximum Gasteiger partial charge on any atom is 0.252 e. The number of benzene rings is 1. The SMILES string of the molecule is C[C@H](NS(=O)(=O)c1ccc(F)cc1)C(=O)NN1CCNCC1. The first kappa shape index (κ1) is 16.8. The van der Waals surface area contributed by atoms with E-state index in [9.17, 15) is 17.6 Å². The third-order valence-electron chi connectivity index (χ3n) is 3.23. The van der Waals surface area contributed by atoms with Crippen LogP contribution in [-0.4, -0.2) is 51.6 Å². The van der Waals surface area contributed by atoms with E-state index in [4.69, 9.17) is 0 Å².